The molecule has 1 rings (SSSR count). The molecule has 0 unspecified atom stereocenters. The zero-order valence-corrected chi connectivity index (χ0v) is 10.5. The van der Waals surface area contributed by atoms with Crippen LogP contribution in [0.2, 0.25) is 0 Å². The van der Waals surface area contributed by atoms with E-state index in [4.69, 9.17) is 0 Å². The van der Waals surface area contributed by atoms with Crippen LogP contribution in [-0.4, -0.2) is 27.9 Å². The lowest BCUT2D eigenvalue weighted by molar-refractivity contribution is -0.109. The monoisotopic (exact) mass is 256 g/mol. The average molecular weight is 256 g/mol. The van der Waals surface area contributed by atoms with Gasteiger partial charge in [0.15, 0.2) is 0 Å². The Hall–Kier alpha value is -1.40. The van der Waals surface area contributed by atoms with Crippen molar-refractivity contribution >= 4 is 16.4 Å². The van der Waals surface area contributed by atoms with Crippen LogP contribution in [0.4, 0.5) is 0 Å². The van der Waals surface area contributed by atoms with Crippen molar-refractivity contribution in [3.8, 4) is 0 Å². The Morgan fingerprint density at radius 1 is 1.18 bits per heavy atom. The van der Waals surface area contributed by atoms with Gasteiger partial charge in [-0.25, -0.2) is 13.1 Å². The number of nitrogens with one attached hydrogen (secondary N) is 2. The van der Waals surface area contributed by atoms with Gasteiger partial charge in [0.05, 0.1) is 4.90 Å². The molecular weight excluding hydrogens is 240 g/mol. The number of carbonyl (C=O) groups is 1. The summed E-state index contributed by atoms with van der Waals surface area (Å²) < 4.78 is 26.0. The van der Waals surface area contributed by atoms with Crippen LogP contribution in [0.5, 0.6) is 0 Å². The van der Waals surface area contributed by atoms with E-state index in [-0.39, 0.29) is 4.90 Å². The molecule has 0 aliphatic carbocycles. The molecular formula is C11H16N2O3S. The summed E-state index contributed by atoms with van der Waals surface area (Å²) in [6.45, 7) is 2.66. The van der Waals surface area contributed by atoms with Gasteiger partial charge in [0.1, 0.15) is 0 Å². The fraction of sp³-hybridized carbons (Fsp3) is 0.364. The van der Waals surface area contributed by atoms with Gasteiger partial charge < -0.3 is 5.32 Å². The van der Waals surface area contributed by atoms with Crippen LogP contribution in [0, 0.1) is 6.92 Å². The summed E-state index contributed by atoms with van der Waals surface area (Å²) in [5, 5.41) is 2.47. The van der Waals surface area contributed by atoms with Crippen molar-refractivity contribution in [3.63, 3.8) is 0 Å². The van der Waals surface area contributed by atoms with Crippen molar-refractivity contribution in [2.75, 3.05) is 13.1 Å². The summed E-state index contributed by atoms with van der Waals surface area (Å²) in [7, 11) is -3.43. The van der Waals surface area contributed by atoms with E-state index in [9.17, 15) is 13.2 Å². The first-order valence-corrected chi connectivity index (χ1v) is 6.78. The minimum absolute atomic E-state index is 0.256. The molecule has 1 aromatic carbocycles. The van der Waals surface area contributed by atoms with Crippen molar-refractivity contribution in [1.29, 1.82) is 0 Å². The van der Waals surface area contributed by atoms with Crippen molar-refractivity contribution in [2.24, 2.45) is 0 Å². The van der Waals surface area contributed by atoms with E-state index >= 15 is 0 Å². The first-order chi connectivity index (χ1) is 8.06. The third-order valence-corrected chi connectivity index (χ3v) is 3.68. The molecule has 0 fully saturated rings. The number of benzene rings is 1. The fourth-order valence-corrected chi connectivity index (χ4v) is 2.33. The van der Waals surface area contributed by atoms with Crippen molar-refractivity contribution < 1.29 is 13.2 Å². The molecule has 0 atom stereocenters. The van der Waals surface area contributed by atoms with Crippen molar-refractivity contribution in [3.05, 3.63) is 29.8 Å². The summed E-state index contributed by atoms with van der Waals surface area (Å²) in [6, 6.07) is 6.65. The Morgan fingerprint density at radius 2 is 1.82 bits per heavy atom. The number of amides is 1. The smallest absolute Gasteiger partial charge is 0.240 e. The molecule has 0 saturated heterocycles. The zero-order chi connectivity index (χ0) is 12.7. The maximum atomic E-state index is 11.8. The van der Waals surface area contributed by atoms with E-state index in [0.29, 0.717) is 25.9 Å². The van der Waals surface area contributed by atoms with E-state index in [0.717, 1.165) is 5.56 Å². The van der Waals surface area contributed by atoms with Gasteiger partial charge in [-0.3, -0.25) is 4.79 Å². The third-order valence-electron chi connectivity index (χ3n) is 2.20. The van der Waals surface area contributed by atoms with Crippen LogP contribution >= 0.6 is 0 Å². The number of carbonyl (C=O) groups excluding carboxylic acids is 1. The van der Waals surface area contributed by atoms with Gasteiger partial charge in [-0.1, -0.05) is 17.7 Å². The van der Waals surface area contributed by atoms with Gasteiger partial charge in [0, 0.05) is 13.1 Å². The average Bonchev–Trinajstić information content (AvgIpc) is 2.29. The van der Waals surface area contributed by atoms with E-state index in [1.54, 1.807) is 24.3 Å². The Bertz CT molecular complexity index is 454. The molecule has 5 nitrogen and oxygen atoms in total. The van der Waals surface area contributed by atoms with Gasteiger partial charge in [0.2, 0.25) is 16.4 Å². The largest absolute Gasteiger partial charge is 0.359 e. The van der Waals surface area contributed by atoms with Gasteiger partial charge in [0.25, 0.3) is 0 Å². The van der Waals surface area contributed by atoms with Crippen LogP contribution in [0.25, 0.3) is 0 Å². The zero-order valence-electron chi connectivity index (χ0n) is 9.64. The normalized spacial score (nSPS) is 11.1. The highest BCUT2D eigenvalue weighted by Crippen LogP contribution is 2.09. The number of sulfonamides is 1. The van der Waals surface area contributed by atoms with Crippen LogP contribution < -0.4 is 10.0 Å². The second-order valence-corrected chi connectivity index (χ2v) is 5.40. The number of hydrogen-bond donors (Lipinski definition) is 2. The van der Waals surface area contributed by atoms with Crippen molar-refractivity contribution in [2.45, 2.75) is 18.2 Å². The molecule has 17 heavy (non-hydrogen) atoms. The predicted molar refractivity (Wildman–Crippen MR) is 65.1 cm³/mol. The minimum Gasteiger partial charge on any atom is -0.359 e. The lowest BCUT2D eigenvalue weighted by Gasteiger charge is -2.06. The van der Waals surface area contributed by atoms with Gasteiger partial charge in [-0.15, -0.1) is 0 Å². The summed E-state index contributed by atoms with van der Waals surface area (Å²) >= 11 is 0. The highest BCUT2D eigenvalue weighted by atomic mass is 32.2. The lowest BCUT2D eigenvalue weighted by atomic mass is 10.2. The molecule has 0 spiro atoms. The molecule has 2 N–H and O–H groups in total. The molecule has 0 aliphatic heterocycles. The second kappa shape index (κ2) is 6.36. The lowest BCUT2D eigenvalue weighted by Crippen LogP contribution is -2.27. The quantitative estimate of drug-likeness (QED) is 0.548. The van der Waals surface area contributed by atoms with Crippen LogP contribution in [0.1, 0.15) is 12.0 Å². The second-order valence-electron chi connectivity index (χ2n) is 3.64. The highest BCUT2D eigenvalue weighted by Gasteiger charge is 2.12. The van der Waals surface area contributed by atoms with E-state index < -0.39 is 10.0 Å². The fourth-order valence-electron chi connectivity index (χ4n) is 1.26. The summed E-state index contributed by atoms with van der Waals surface area (Å²) in [6.07, 6.45) is 1.15. The third kappa shape index (κ3) is 4.54. The van der Waals surface area contributed by atoms with Gasteiger partial charge in [-0.2, -0.15) is 0 Å². The molecule has 1 aromatic rings. The highest BCUT2D eigenvalue weighted by molar-refractivity contribution is 7.89. The first kappa shape index (κ1) is 13.7. The summed E-state index contributed by atoms with van der Waals surface area (Å²) in [5.41, 5.74) is 1.01. The van der Waals surface area contributed by atoms with Gasteiger partial charge >= 0.3 is 0 Å². The molecule has 0 radical (unpaired) electrons. The molecule has 0 aliphatic rings. The number of aryl methyl sites for hydroxylation is 1. The standard InChI is InChI=1S/C11H16N2O3S/c1-10-3-5-11(6-4-10)17(15,16)13-8-2-7-12-9-14/h3-6,9,13H,2,7-8H2,1H3,(H,12,14). The molecule has 1 amide bonds. The van der Waals surface area contributed by atoms with Crippen LogP contribution in [0.15, 0.2) is 29.2 Å². The summed E-state index contributed by atoms with van der Waals surface area (Å²) in [4.78, 5) is 10.2. The van der Waals surface area contributed by atoms with E-state index in [1.807, 2.05) is 6.92 Å². The molecule has 0 bridgehead atoms. The van der Waals surface area contributed by atoms with Crippen LogP contribution in [0.3, 0.4) is 0 Å². The minimum atomic E-state index is -3.43. The maximum Gasteiger partial charge on any atom is 0.240 e. The Labute approximate surface area is 101 Å². The SMILES string of the molecule is Cc1ccc(S(=O)(=O)NCCCNC=O)cc1. The molecule has 0 heterocycles. The van der Waals surface area contributed by atoms with Gasteiger partial charge in [-0.05, 0) is 25.5 Å². The Morgan fingerprint density at radius 3 is 2.41 bits per heavy atom. The molecule has 0 saturated carbocycles. The number of rotatable bonds is 7. The topological polar surface area (TPSA) is 75.3 Å². The van der Waals surface area contributed by atoms with Crippen LogP contribution in [-0.2, 0) is 14.8 Å². The Kier molecular flexibility index (Phi) is 5.11. The Balaban J connectivity index is 2.51. The first-order valence-electron chi connectivity index (χ1n) is 5.29. The molecule has 0 aromatic heterocycles. The number of hydrogen-bond acceptors (Lipinski definition) is 3. The molecule has 6 heteroatoms. The van der Waals surface area contributed by atoms with E-state index in [2.05, 4.69) is 10.0 Å². The van der Waals surface area contributed by atoms with E-state index in [1.165, 1.54) is 0 Å². The maximum absolute atomic E-state index is 11.8. The molecule has 94 valence electrons. The predicted octanol–water partition coefficient (Wildman–Crippen LogP) is 0.409. The summed E-state index contributed by atoms with van der Waals surface area (Å²) in [5.74, 6) is 0. The van der Waals surface area contributed by atoms with Crippen molar-refractivity contribution in [1.82, 2.24) is 10.0 Å².